The summed E-state index contributed by atoms with van der Waals surface area (Å²) in [6.07, 6.45) is 2.15. The molecule has 3 nitrogen and oxygen atoms in total. The molecule has 72 heavy (non-hydrogen) atoms. The van der Waals surface area contributed by atoms with Gasteiger partial charge in [-0.1, -0.05) is 176 Å². The van der Waals surface area contributed by atoms with Crippen molar-refractivity contribution in [1.82, 2.24) is 0 Å². The first-order chi connectivity index (χ1) is 35.9. The monoisotopic (exact) mass is 937 g/mol. The topological polar surface area (TPSA) is 9.72 Å². The summed E-state index contributed by atoms with van der Waals surface area (Å²) in [6, 6.07) is 72.2. The van der Waals surface area contributed by atoms with Crippen LogP contribution < -0.4 is 31.1 Å². The number of rotatable bonds is 7. The highest BCUT2D eigenvalue weighted by Crippen LogP contribution is 2.53. The van der Waals surface area contributed by atoms with Crippen LogP contribution in [0.4, 0.5) is 51.2 Å². The lowest BCUT2D eigenvalue weighted by molar-refractivity contribution is 0.332. The Morgan fingerprint density at radius 1 is 0.472 bits per heavy atom. The second-order valence-electron chi connectivity index (χ2n) is 22.7. The van der Waals surface area contributed by atoms with Gasteiger partial charge in [0.25, 0.3) is 6.71 Å². The van der Waals surface area contributed by atoms with Crippen LogP contribution in [-0.4, -0.2) is 6.71 Å². The predicted molar refractivity (Wildman–Crippen MR) is 309 cm³/mol. The van der Waals surface area contributed by atoms with Gasteiger partial charge in [0, 0.05) is 55.2 Å². The van der Waals surface area contributed by atoms with Crippen LogP contribution >= 0.6 is 0 Å². The van der Waals surface area contributed by atoms with Crippen LogP contribution in [0.3, 0.4) is 0 Å². The van der Waals surface area contributed by atoms with Gasteiger partial charge in [0.15, 0.2) is 0 Å². The van der Waals surface area contributed by atoms with Crippen LogP contribution in [0.1, 0.15) is 93.2 Å². The fraction of sp³-hybridized carbons (Fsp3) is 0.206. The minimum absolute atomic E-state index is 0.0687. The zero-order valence-corrected chi connectivity index (χ0v) is 42.9. The lowest BCUT2D eigenvalue weighted by Gasteiger charge is -2.48. The van der Waals surface area contributed by atoms with Crippen molar-refractivity contribution in [1.29, 1.82) is 0 Å². The Labute approximate surface area is 432 Å². The van der Waals surface area contributed by atoms with Gasteiger partial charge in [0.1, 0.15) is 0 Å². The van der Waals surface area contributed by atoms with Gasteiger partial charge >= 0.3 is 0 Å². The van der Waals surface area contributed by atoms with Crippen molar-refractivity contribution in [3.05, 3.63) is 228 Å². The number of benzene rings is 9. The SMILES string of the molecule is [2H]C([2H])([2H])c1cc2c3c(c1)N(c1ccc(C(C)(C)C)cc1-c1ccccc1)c1cc(N(c4ccccc4)c4ccccc4)ccc1B3c1cc3c(cc1N2c1cc(-c2ccccc2)ccc1C)C(C)(C)CCC3(C)C. The summed E-state index contributed by atoms with van der Waals surface area (Å²) >= 11 is 0. The molecule has 0 aromatic heterocycles. The number of fused-ring (bicyclic) bond motifs is 5. The molecule has 2 heterocycles. The number of hydrogen-bond acceptors (Lipinski definition) is 3. The van der Waals surface area contributed by atoms with Gasteiger partial charge in [0.2, 0.25) is 0 Å². The minimum atomic E-state index is -2.43. The van der Waals surface area contributed by atoms with Crippen LogP contribution in [-0.2, 0) is 16.2 Å². The minimum Gasteiger partial charge on any atom is -0.311 e. The van der Waals surface area contributed by atoms with Gasteiger partial charge in [-0.25, -0.2) is 0 Å². The third-order valence-corrected chi connectivity index (χ3v) is 16.1. The summed E-state index contributed by atoms with van der Waals surface area (Å²) in [6.45, 7) is 16.0. The Balaban J connectivity index is 1.24. The van der Waals surface area contributed by atoms with Crippen LogP contribution in [0.5, 0.6) is 0 Å². The van der Waals surface area contributed by atoms with Crippen molar-refractivity contribution in [2.24, 2.45) is 0 Å². The third-order valence-electron chi connectivity index (χ3n) is 16.1. The molecule has 0 bridgehead atoms. The standard InChI is InChI=1S/C68H64BN3/c1-45-38-63-65-64(39-45)72(60-40-49(31-30-46(60)2)47-22-14-10-15-23-47)62-44-56-55(67(6,7)36-37-68(56,8)9)43-58(62)69(65)57-34-33-53(70(51-26-18-12-19-27-51)52-28-20-13-21-29-52)42-61(57)71(63)59-35-32-50(66(3,4)5)41-54(59)48-24-16-11-17-25-48/h10-35,38-44H,36-37H2,1-9H3/i1D3. The number of para-hydroxylation sites is 2. The van der Waals surface area contributed by atoms with Crippen LogP contribution in [0.2, 0.25) is 0 Å². The lowest BCUT2D eigenvalue weighted by Crippen LogP contribution is -2.62. The van der Waals surface area contributed by atoms with E-state index in [1.165, 1.54) is 22.2 Å². The van der Waals surface area contributed by atoms with Crippen molar-refractivity contribution < 1.29 is 4.11 Å². The molecule has 0 fully saturated rings. The first-order valence-electron chi connectivity index (χ1n) is 27.3. The summed E-state index contributed by atoms with van der Waals surface area (Å²) < 4.78 is 27.9. The van der Waals surface area contributed by atoms with Crippen molar-refractivity contribution in [3.8, 4) is 22.3 Å². The highest BCUT2D eigenvalue weighted by Gasteiger charge is 2.47. The quantitative estimate of drug-likeness (QED) is 0.147. The first-order valence-corrected chi connectivity index (χ1v) is 25.8. The fourth-order valence-electron chi connectivity index (χ4n) is 12.0. The number of aryl methyl sites for hydroxylation is 2. The molecule has 354 valence electrons. The molecule has 0 saturated carbocycles. The molecule has 0 atom stereocenters. The average molecular weight is 937 g/mol. The fourth-order valence-corrected chi connectivity index (χ4v) is 12.0. The third kappa shape index (κ3) is 7.57. The number of hydrogen-bond donors (Lipinski definition) is 0. The van der Waals surface area contributed by atoms with Crippen molar-refractivity contribution in [3.63, 3.8) is 0 Å². The van der Waals surface area contributed by atoms with Crippen LogP contribution in [0, 0.1) is 13.8 Å². The maximum absolute atomic E-state index is 9.31. The van der Waals surface area contributed by atoms with Crippen molar-refractivity contribution in [2.75, 3.05) is 14.7 Å². The molecule has 0 amide bonds. The van der Waals surface area contributed by atoms with Gasteiger partial charge < -0.3 is 14.7 Å². The van der Waals surface area contributed by atoms with E-state index in [1.807, 2.05) is 12.1 Å². The Morgan fingerprint density at radius 2 is 1.03 bits per heavy atom. The maximum Gasteiger partial charge on any atom is 0.252 e. The Morgan fingerprint density at radius 3 is 1.62 bits per heavy atom. The second kappa shape index (κ2) is 17.1. The van der Waals surface area contributed by atoms with Crippen molar-refractivity contribution in [2.45, 2.75) is 91.3 Å². The molecule has 0 radical (unpaired) electrons. The van der Waals surface area contributed by atoms with E-state index in [-0.39, 0.29) is 23.0 Å². The second-order valence-corrected chi connectivity index (χ2v) is 22.7. The van der Waals surface area contributed by atoms with E-state index in [9.17, 15) is 4.11 Å². The van der Waals surface area contributed by atoms with Crippen molar-refractivity contribution >= 4 is 74.3 Å². The van der Waals surface area contributed by atoms with Gasteiger partial charge in [-0.05, 0) is 177 Å². The molecule has 0 unspecified atom stereocenters. The molecule has 4 heteroatoms. The number of nitrogens with zero attached hydrogens (tertiary/aromatic N) is 3. The van der Waals surface area contributed by atoms with Crippen LogP contribution in [0.25, 0.3) is 22.3 Å². The van der Waals surface area contributed by atoms with E-state index in [0.717, 1.165) is 103 Å². The highest BCUT2D eigenvalue weighted by molar-refractivity contribution is 7.00. The normalized spacial score (nSPS) is 15.8. The summed E-state index contributed by atoms with van der Waals surface area (Å²) in [5.74, 6) is 0. The average Bonchev–Trinajstić information content (AvgIpc) is 3.41. The molecule has 12 rings (SSSR count). The zero-order chi connectivity index (χ0) is 52.2. The molecule has 1 aliphatic carbocycles. The van der Waals surface area contributed by atoms with E-state index in [1.54, 1.807) is 0 Å². The maximum atomic E-state index is 9.31. The molecule has 2 aliphatic heterocycles. The predicted octanol–water partition coefficient (Wildman–Crippen LogP) is 16.8. The van der Waals surface area contributed by atoms with Gasteiger partial charge in [0.05, 0.1) is 5.69 Å². The van der Waals surface area contributed by atoms with Crippen LogP contribution in [0.15, 0.2) is 200 Å². The Hall–Kier alpha value is -7.56. The molecular weight excluding hydrogens is 870 g/mol. The number of anilines is 9. The summed E-state index contributed by atoms with van der Waals surface area (Å²) in [7, 11) is 0. The van der Waals surface area contributed by atoms with Gasteiger partial charge in [-0.15, -0.1) is 0 Å². The Kier molecular flexibility index (Phi) is 9.98. The largest absolute Gasteiger partial charge is 0.311 e. The van der Waals surface area contributed by atoms with E-state index in [4.69, 9.17) is 0 Å². The van der Waals surface area contributed by atoms with Gasteiger partial charge in [-0.3, -0.25) is 0 Å². The molecule has 9 aromatic rings. The molecule has 0 spiro atoms. The summed E-state index contributed by atoms with van der Waals surface area (Å²) in [5, 5.41) is 0. The Bertz CT molecular complexity index is 3620. The smallest absolute Gasteiger partial charge is 0.252 e. The molecule has 0 N–H and O–H groups in total. The first kappa shape index (κ1) is 42.2. The lowest BCUT2D eigenvalue weighted by atomic mass is 9.33. The molecule has 9 aromatic carbocycles. The van der Waals surface area contributed by atoms with E-state index < -0.39 is 6.85 Å². The summed E-state index contributed by atoms with van der Waals surface area (Å²) in [5.41, 5.74) is 21.9. The van der Waals surface area contributed by atoms with E-state index >= 15 is 0 Å². The van der Waals surface area contributed by atoms with Gasteiger partial charge in [-0.2, -0.15) is 0 Å². The molecular formula is C68H64BN3. The van der Waals surface area contributed by atoms with E-state index in [2.05, 4.69) is 258 Å². The molecule has 0 saturated heterocycles. The highest BCUT2D eigenvalue weighted by atomic mass is 15.2. The molecule has 3 aliphatic rings. The summed E-state index contributed by atoms with van der Waals surface area (Å²) in [4.78, 5) is 7.18. The zero-order valence-electron chi connectivity index (χ0n) is 45.9. The van der Waals surface area contributed by atoms with E-state index in [0.29, 0.717) is 5.56 Å².